The summed E-state index contributed by atoms with van der Waals surface area (Å²) in [4.78, 5) is 16.4. The predicted molar refractivity (Wildman–Crippen MR) is 59.5 cm³/mol. The van der Waals surface area contributed by atoms with Gasteiger partial charge in [0.15, 0.2) is 0 Å². The van der Waals surface area contributed by atoms with E-state index in [0.717, 1.165) is 16.6 Å². The first kappa shape index (κ1) is 9.95. The number of aromatic amines is 2. The number of benzene rings is 1. The fourth-order valence-corrected chi connectivity index (χ4v) is 1.56. The van der Waals surface area contributed by atoms with Gasteiger partial charge in [0.2, 0.25) is 0 Å². The highest BCUT2D eigenvalue weighted by atomic mass is 16.1. The molecule has 1 aromatic carbocycles. The maximum Gasteiger partial charge on any atom is 0.323 e. The number of nitrogens with two attached hydrogens (primary N) is 2. The van der Waals surface area contributed by atoms with Gasteiger partial charge in [0.25, 0.3) is 0 Å². The molecule has 0 bridgehead atoms. The number of hydrogen-bond acceptors (Lipinski definition) is 3. The van der Waals surface area contributed by atoms with E-state index >= 15 is 0 Å². The second kappa shape index (κ2) is 3.52. The summed E-state index contributed by atoms with van der Waals surface area (Å²) in [5, 5.41) is 0. The summed E-state index contributed by atoms with van der Waals surface area (Å²) in [5.41, 5.74) is 13.9. The van der Waals surface area contributed by atoms with Crippen LogP contribution in [-0.4, -0.2) is 16.0 Å². The molecule has 2 aromatic rings. The molecule has 5 nitrogen and oxygen atoms in total. The van der Waals surface area contributed by atoms with Gasteiger partial charge >= 0.3 is 5.69 Å². The van der Waals surface area contributed by atoms with Crippen molar-refractivity contribution in [2.75, 3.05) is 0 Å². The normalized spacial score (nSPS) is 15.4. The van der Waals surface area contributed by atoms with Gasteiger partial charge in [-0.3, -0.25) is 0 Å². The minimum Gasteiger partial charge on any atom is -0.326 e. The van der Waals surface area contributed by atoms with Gasteiger partial charge in [-0.15, -0.1) is 0 Å². The van der Waals surface area contributed by atoms with Gasteiger partial charge in [0.1, 0.15) is 0 Å². The van der Waals surface area contributed by atoms with Crippen molar-refractivity contribution in [3.05, 3.63) is 34.2 Å². The van der Waals surface area contributed by atoms with E-state index < -0.39 is 0 Å². The first-order valence-electron chi connectivity index (χ1n) is 4.81. The van der Waals surface area contributed by atoms with Crippen LogP contribution in [0.2, 0.25) is 0 Å². The van der Waals surface area contributed by atoms with Crippen LogP contribution in [0.3, 0.4) is 0 Å². The van der Waals surface area contributed by atoms with Gasteiger partial charge in [-0.1, -0.05) is 6.07 Å². The first-order chi connectivity index (χ1) is 7.08. The first-order valence-corrected chi connectivity index (χ1v) is 4.81. The molecule has 0 aliphatic rings. The maximum absolute atomic E-state index is 11.0. The topological polar surface area (TPSA) is 101 Å². The molecule has 0 saturated heterocycles. The highest BCUT2D eigenvalue weighted by Crippen LogP contribution is 2.17. The molecule has 0 radical (unpaired) electrons. The standard InChI is InChI=1S/C10H14N4O/c1-5(11)9(12)6-2-3-7-8(4-6)14-10(15)13-7/h2-5,9H,11-12H2,1H3,(H2,13,14,15). The lowest BCUT2D eigenvalue weighted by Crippen LogP contribution is -2.30. The van der Waals surface area contributed by atoms with Crippen LogP contribution in [0, 0.1) is 0 Å². The molecule has 0 saturated carbocycles. The van der Waals surface area contributed by atoms with E-state index in [1.165, 1.54) is 0 Å². The minimum atomic E-state index is -0.215. The van der Waals surface area contributed by atoms with Crippen LogP contribution in [0.15, 0.2) is 23.0 Å². The molecule has 5 heteroatoms. The number of rotatable bonds is 2. The SMILES string of the molecule is CC(N)C(N)c1ccc2[nH]c(=O)[nH]c2c1. The predicted octanol–water partition coefficient (Wildman–Crippen LogP) is 0.203. The summed E-state index contributed by atoms with van der Waals surface area (Å²) in [7, 11) is 0. The van der Waals surface area contributed by atoms with Crippen LogP contribution in [-0.2, 0) is 0 Å². The van der Waals surface area contributed by atoms with Crippen LogP contribution >= 0.6 is 0 Å². The summed E-state index contributed by atoms with van der Waals surface area (Å²) < 4.78 is 0. The zero-order valence-electron chi connectivity index (χ0n) is 8.45. The molecule has 2 atom stereocenters. The average molecular weight is 206 g/mol. The molecular weight excluding hydrogens is 192 g/mol. The van der Waals surface area contributed by atoms with Gasteiger partial charge in [-0.05, 0) is 24.6 Å². The van der Waals surface area contributed by atoms with E-state index in [1.54, 1.807) is 0 Å². The molecule has 1 heterocycles. The molecule has 1 aromatic heterocycles. The summed E-state index contributed by atoms with van der Waals surface area (Å²) in [5.74, 6) is 0. The van der Waals surface area contributed by atoms with Crippen LogP contribution in [0.5, 0.6) is 0 Å². The van der Waals surface area contributed by atoms with E-state index in [4.69, 9.17) is 11.5 Å². The summed E-state index contributed by atoms with van der Waals surface area (Å²) in [6.07, 6.45) is 0. The molecule has 15 heavy (non-hydrogen) atoms. The molecule has 0 amide bonds. The summed E-state index contributed by atoms with van der Waals surface area (Å²) >= 11 is 0. The monoisotopic (exact) mass is 206 g/mol. The number of imidazole rings is 1. The molecule has 2 unspecified atom stereocenters. The molecule has 0 aliphatic carbocycles. The summed E-state index contributed by atoms with van der Waals surface area (Å²) in [6.45, 7) is 1.86. The minimum absolute atomic E-state index is 0.117. The fraction of sp³-hybridized carbons (Fsp3) is 0.300. The Hall–Kier alpha value is -1.59. The lowest BCUT2D eigenvalue weighted by Gasteiger charge is -2.15. The quantitative estimate of drug-likeness (QED) is 0.564. The van der Waals surface area contributed by atoms with E-state index in [-0.39, 0.29) is 17.8 Å². The number of hydrogen-bond donors (Lipinski definition) is 4. The van der Waals surface area contributed by atoms with Crippen molar-refractivity contribution in [1.82, 2.24) is 9.97 Å². The lowest BCUT2D eigenvalue weighted by molar-refractivity contribution is 0.589. The number of aromatic nitrogens is 2. The Labute approximate surface area is 86.5 Å². The molecule has 6 N–H and O–H groups in total. The highest BCUT2D eigenvalue weighted by molar-refractivity contribution is 5.75. The Balaban J connectivity index is 2.50. The second-order valence-corrected chi connectivity index (χ2v) is 3.77. The third-order valence-corrected chi connectivity index (χ3v) is 2.49. The number of fused-ring (bicyclic) bond motifs is 1. The highest BCUT2D eigenvalue weighted by Gasteiger charge is 2.11. The number of nitrogens with one attached hydrogen (secondary N) is 2. The average Bonchev–Trinajstić information content (AvgIpc) is 2.55. The van der Waals surface area contributed by atoms with Gasteiger partial charge in [-0.25, -0.2) is 4.79 Å². The van der Waals surface area contributed by atoms with E-state index in [0.29, 0.717) is 0 Å². The molecule has 0 fully saturated rings. The number of H-pyrrole nitrogens is 2. The van der Waals surface area contributed by atoms with Crippen LogP contribution in [0.1, 0.15) is 18.5 Å². The van der Waals surface area contributed by atoms with Gasteiger partial charge < -0.3 is 21.4 Å². The van der Waals surface area contributed by atoms with Crippen molar-refractivity contribution >= 4 is 11.0 Å². The third kappa shape index (κ3) is 1.79. The van der Waals surface area contributed by atoms with Crippen LogP contribution in [0.25, 0.3) is 11.0 Å². The Bertz CT molecular complexity index is 525. The molecule has 2 rings (SSSR count). The van der Waals surface area contributed by atoms with Crippen molar-refractivity contribution < 1.29 is 0 Å². The Kier molecular flexibility index (Phi) is 2.34. The Morgan fingerprint density at radius 1 is 1.20 bits per heavy atom. The molecule has 80 valence electrons. The van der Waals surface area contributed by atoms with E-state index in [2.05, 4.69) is 9.97 Å². The lowest BCUT2D eigenvalue weighted by atomic mass is 10.0. The zero-order chi connectivity index (χ0) is 11.0. The molecular formula is C10H14N4O. The van der Waals surface area contributed by atoms with Crippen molar-refractivity contribution in [3.8, 4) is 0 Å². The van der Waals surface area contributed by atoms with Crippen molar-refractivity contribution in [1.29, 1.82) is 0 Å². The van der Waals surface area contributed by atoms with E-state index in [1.807, 2.05) is 25.1 Å². The smallest absolute Gasteiger partial charge is 0.323 e. The largest absolute Gasteiger partial charge is 0.326 e. The van der Waals surface area contributed by atoms with Crippen molar-refractivity contribution in [3.63, 3.8) is 0 Å². The summed E-state index contributed by atoms with van der Waals surface area (Å²) in [6, 6.07) is 5.22. The van der Waals surface area contributed by atoms with Crippen molar-refractivity contribution in [2.24, 2.45) is 11.5 Å². The van der Waals surface area contributed by atoms with E-state index in [9.17, 15) is 4.79 Å². The zero-order valence-corrected chi connectivity index (χ0v) is 8.45. The second-order valence-electron chi connectivity index (χ2n) is 3.77. The van der Waals surface area contributed by atoms with Crippen LogP contribution < -0.4 is 17.2 Å². The Morgan fingerprint density at radius 2 is 1.87 bits per heavy atom. The Morgan fingerprint density at radius 3 is 2.53 bits per heavy atom. The van der Waals surface area contributed by atoms with Crippen molar-refractivity contribution in [2.45, 2.75) is 19.0 Å². The van der Waals surface area contributed by atoms with Gasteiger partial charge in [0, 0.05) is 12.1 Å². The third-order valence-electron chi connectivity index (χ3n) is 2.49. The molecule has 0 aliphatic heterocycles. The van der Waals surface area contributed by atoms with Crippen LogP contribution in [0.4, 0.5) is 0 Å². The fourth-order valence-electron chi connectivity index (χ4n) is 1.56. The molecule has 0 spiro atoms. The maximum atomic E-state index is 11.0. The van der Waals surface area contributed by atoms with Gasteiger partial charge in [-0.2, -0.15) is 0 Å². The van der Waals surface area contributed by atoms with Gasteiger partial charge in [0.05, 0.1) is 11.0 Å².